The van der Waals surface area contributed by atoms with Crippen LogP contribution in [0.4, 0.5) is 4.39 Å². The summed E-state index contributed by atoms with van der Waals surface area (Å²) in [6.45, 7) is 1.79. The molecule has 7 heteroatoms. The molecule has 0 aliphatic rings. The molecule has 0 saturated carbocycles. The lowest BCUT2D eigenvalue weighted by Crippen LogP contribution is -2.31. The average Bonchev–Trinajstić information content (AvgIpc) is 3.24. The summed E-state index contributed by atoms with van der Waals surface area (Å²) in [4.78, 5) is 17.3. The first kappa shape index (κ1) is 18.3. The van der Waals surface area contributed by atoms with Crippen molar-refractivity contribution in [3.05, 3.63) is 88.4 Å². The van der Waals surface area contributed by atoms with Gasteiger partial charge in [0, 0.05) is 41.0 Å². The van der Waals surface area contributed by atoms with Crippen LogP contribution in [0.5, 0.6) is 0 Å². The van der Waals surface area contributed by atoms with Crippen molar-refractivity contribution in [3.8, 4) is 0 Å². The predicted molar refractivity (Wildman–Crippen MR) is 105 cm³/mol. The lowest BCUT2D eigenvalue weighted by molar-refractivity contribution is 0.0914. The molecule has 2 aromatic carbocycles. The van der Waals surface area contributed by atoms with Crippen LogP contribution in [0.15, 0.2) is 59.3 Å². The van der Waals surface area contributed by atoms with Crippen LogP contribution in [0.3, 0.4) is 0 Å². The molecule has 1 atom stereocenters. The second kappa shape index (κ2) is 7.13. The van der Waals surface area contributed by atoms with Crippen molar-refractivity contribution in [1.82, 2.24) is 14.9 Å². The van der Waals surface area contributed by atoms with Crippen LogP contribution in [0, 0.1) is 12.7 Å². The highest BCUT2D eigenvalue weighted by atomic mass is 35.5. The summed E-state index contributed by atoms with van der Waals surface area (Å²) >= 11 is 6.05. The van der Waals surface area contributed by atoms with Crippen molar-refractivity contribution in [2.24, 2.45) is 7.05 Å². The zero-order chi connectivity index (χ0) is 19.8. The number of carbonyl (C=O) groups excluding carboxylic acids is 1. The van der Waals surface area contributed by atoms with E-state index in [1.807, 2.05) is 0 Å². The number of nitrogens with one attached hydrogen (secondary N) is 1. The van der Waals surface area contributed by atoms with E-state index in [9.17, 15) is 9.18 Å². The van der Waals surface area contributed by atoms with Gasteiger partial charge in [-0.15, -0.1) is 0 Å². The molecule has 5 nitrogen and oxygen atoms in total. The normalized spacial score (nSPS) is 12.3. The van der Waals surface area contributed by atoms with Crippen molar-refractivity contribution in [2.75, 3.05) is 0 Å². The van der Waals surface area contributed by atoms with E-state index in [-0.39, 0.29) is 5.76 Å². The lowest BCUT2D eigenvalue weighted by Gasteiger charge is -2.19. The highest BCUT2D eigenvalue weighted by Crippen LogP contribution is 2.29. The molecule has 0 bridgehead atoms. The molecule has 1 amide bonds. The number of nitrogens with zero attached hydrogens (tertiary/aromatic N) is 2. The summed E-state index contributed by atoms with van der Waals surface area (Å²) in [5.74, 6) is -0.215. The summed E-state index contributed by atoms with van der Waals surface area (Å²) < 4.78 is 22.0. The Morgan fingerprint density at radius 3 is 2.79 bits per heavy atom. The maximum Gasteiger partial charge on any atom is 0.288 e. The third-order valence-electron chi connectivity index (χ3n) is 4.71. The van der Waals surface area contributed by atoms with Crippen molar-refractivity contribution in [2.45, 2.75) is 13.0 Å². The van der Waals surface area contributed by atoms with Crippen molar-refractivity contribution >= 4 is 28.5 Å². The van der Waals surface area contributed by atoms with Gasteiger partial charge in [-0.3, -0.25) is 4.79 Å². The third-order valence-corrected chi connectivity index (χ3v) is 4.95. The fourth-order valence-corrected chi connectivity index (χ4v) is 3.42. The largest absolute Gasteiger partial charge is 0.451 e. The van der Waals surface area contributed by atoms with Crippen LogP contribution >= 0.6 is 11.6 Å². The minimum absolute atomic E-state index is 0.160. The molecule has 2 heterocycles. The fraction of sp³-hybridized carbons (Fsp3) is 0.143. The number of benzene rings is 2. The number of hydrogen-bond donors (Lipinski definition) is 1. The van der Waals surface area contributed by atoms with Crippen molar-refractivity contribution in [1.29, 1.82) is 0 Å². The van der Waals surface area contributed by atoms with Gasteiger partial charge < -0.3 is 14.3 Å². The van der Waals surface area contributed by atoms with Gasteiger partial charge in [0.05, 0.1) is 0 Å². The number of imidazole rings is 1. The minimum Gasteiger partial charge on any atom is -0.451 e. The number of furan rings is 1. The fourth-order valence-electron chi connectivity index (χ4n) is 3.25. The maximum atomic E-state index is 14.5. The highest BCUT2D eigenvalue weighted by Gasteiger charge is 2.26. The van der Waals surface area contributed by atoms with Crippen molar-refractivity contribution in [3.63, 3.8) is 0 Å². The van der Waals surface area contributed by atoms with Gasteiger partial charge in [-0.25, -0.2) is 9.37 Å². The van der Waals surface area contributed by atoms with E-state index in [1.165, 1.54) is 6.07 Å². The number of aromatic nitrogens is 2. The summed E-state index contributed by atoms with van der Waals surface area (Å²) in [6.07, 6.45) is 3.34. The Labute approximate surface area is 165 Å². The zero-order valence-electron chi connectivity index (χ0n) is 15.2. The van der Waals surface area contributed by atoms with Crippen molar-refractivity contribution < 1.29 is 13.6 Å². The van der Waals surface area contributed by atoms with Gasteiger partial charge in [0.1, 0.15) is 23.3 Å². The zero-order valence-corrected chi connectivity index (χ0v) is 16.0. The van der Waals surface area contributed by atoms with Gasteiger partial charge in [0.15, 0.2) is 5.76 Å². The van der Waals surface area contributed by atoms with Crippen LogP contribution in [0.2, 0.25) is 5.02 Å². The van der Waals surface area contributed by atoms with Gasteiger partial charge >= 0.3 is 0 Å². The Kier molecular flexibility index (Phi) is 4.65. The Morgan fingerprint density at radius 2 is 2.07 bits per heavy atom. The maximum absolute atomic E-state index is 14.5. The minimum atomic E-state index is -0.773. The molecule has 142 valence electrons. The molecule has 1 N–H and O–H groups in total. The summed E-state index contributed by atoms with van der Waals surface area (Å²) in [5, 5.41) is 4.18. The monoisotopic (exact) mass is 397 g/mol. The molecule has 0 aliphatic carbocycles. The van der Waals surface area contributed by atoms with Crippen LogP contribution in [-0.4, -0.2) is 15.5 Å². The van der Waals surface area contributed by atoms with E-state index in [0.717, 1.165) is 5.39 Å². The summed E-state index contributed by atoms with van der Waals surface area (Å²) in [6, 6.07) is 10.7. The quantitative estimate of drug-likeness (QED) is 0.538. The van der Waals surface area contributed by atoms with E-state index >= 15 is 0 Å². The topological polar surface area (TPSA) is 60.1 Å². The number of fused-ring (bicyclic) bond motifs is 1. The van der Waals surface area contributed by atoms with E-state index in [2.05, 4.69) is 10.3 Å². The smallest absolute Gasteiger partial charge is 0.288 e. The first-order chi connectivity index (χ1) is 13.5. The number of amides is 1. The number of hydrogen-bond acceptors (Lipinski definition) is 3. The van der Waals surface area contributed by atoms with Crippen LogP contribution in [-0.2, 0) is 7.05 Å². The average molecular weight is 398 g/mol. The standard InChI is InChI=1S/C21H17ClFN3O2/c1-12-15-11-13(22)7-8-17(15)28-19(12)21(27)25-18(20-24-9-10-26(20)2)14-5-3-4-6-16(14)23/h3-11,18H,1-2H3,(H,25,27)/t18-/m0/s1. The van der Waals surface area contributed by atoms with Gasteiger partial charge in [0.2, 0.25) is 0 Å². The summed E-state index contributed by atoms with van der Waals surface area (Å²) in [7, 11) is 1.79. The Balaban J connectivity index is 1.75. The van der Waals surface area contributed by atoms with E-state index in [4.69, 9.17) is 16.0 Å². The number of aryl methyl sites for hydroxylation is 2. The lowest BCUT2D eigenvalue weighted by atomic mass is 10.0. The molecule has 4 rings (SSSR count). The van der Waals surface area contributed by atoms with Gasteiger partial charge in [-0.1, -0.05) is 29.8 Å². The van der Waals surface area contributed by atoms with Crippen LogP contribution < -0.4 is 5.32 Å². The van der Waals surface area contributed by atoms with Crippen LogP contribution in [0.25, 0.3) is 11.0 Å². The molecule has 0 fully saturated rings. The highest BCUT2D eigenvalue weighted by molar-refractivity contribution is 6.31. The molecular weight excluding hydrogens is 381 g/mol. The summed E-state index contributed by atoms with van der Waals surface area (Å²) in [5.41, 5.74) is 1.55. The number of halogens is 2. The SMILES string of the molecule is Cc1c(C(=O)N[C@@H](c2ccccc2F)c2nccn2C)oc2ccc(Cl)cc12. The Hall–Kier alpha value is -3.12. The second-order valence-electron chi connectivity index (χ2n) is 6.52. The molecular formula is C21H17ClFN3O2. The number of rotatable bonds is 4. The molecule has 0 saturated heterocycles. The predicted octanol–water partition coefficient (Wildman–Crippen LogP) is 4.79. The third kappa shape index (κ3) is 3.16. The molecule has 0 spiro atoms. The molecule has 0 aliphatic heterocycles. The molecule has 0 radical (unpaired) electrons. The Bertz CT molecular complexity index is 1180. The van der Waals surface area contributed by atoms with E-state index < -0.39 is 17.8 Å². The van der Waals surface area contributed by atoms with Gasteiger partial charge in [-0.2, -0.15) is 0 Å². The Morgan fingerprint density at radius 1 is 1.29 bits per heavy atom. The molecule has 4 aromatic rings. The van der Waals surface area contributed by atoms with Gasteiger partial charge in [-0.05, 0) is 31.2 Å². The van der Waals surface area contributed by atoms with E-state index in [1.54, 1.807) is 67.3 Å². The first-order valence-corrected chi connectivity index (χ1v) is 9.04. The van der Waals surface area contributed by atoms with E-state index in [0.29, 0.717) is 27.6 Å². The number of carbonyl (C=O) groups is 1. The van der Waals surface area contributed by atoms with Gasteiger partial charge in [0.25, 0.3) is 5.91 Å². The molecule has 28 heavy (non-hydrogen) atoms. The molecule has 2 aromatic heterocycles. The second-order valence-corrected chi connectivity index (χ2v) is 6.96. The molecule has 0 unspecified atom stereocenters. The van der Waals surface area contributed by atoms with Crippen LogP contribution in [0.1, 0.15) is 33.5 Å². The first-order valence-electron chi connectivity index (χ1n) is 8.67.